The molecule has 156 valence electrons. The first-order valence-corrected chi connectivity index (χ1v) is 10.1. The highest BCUT2D eigenvalue weighted by atomic mass is 16.5. The summed E-state index contributed by atoms with van der Waals surface area (Å²) in [6, 6.07) is 0. The highest BCUT2D eigenvalue weighted by molar-refractivity contribution is 5.76. The number of amides is 1. The van der Waals surface area contributed by atoms with E-state index in [1.165, 1.54) is 0 Å². The third kappa shape index (κ3) is 11.9. The quantitative estimate of drug-likeness (QED) is 0.497. The van der Waals surface area contributed by atoms with Crippen molar-refractivity contribution in [3.63, 3.8) is 0 Å². The number of ether oxygens (including phenoxy) is 1. The van der Waals surface area contributed by atoms with Gasteiger partial charge in [-0.3, -0.25) is 4.79 Å². The molecule has 0 atom stereocenters. The van der Waals surface area contributed by atoms with Crippen molar-refractivity contribution in [3.8, 4) is 0 Å². The van der Waals surface area contributed by atoms with Crippen molar-refractivity contribution in [2.75, 3.05) is 33.4 Å². The van der Waals surface area contributed by atoms with Gasteiger partial charge in [0, 0.05) is 19.6 Å². The van der Waals surface area contributed by atoms with E-state index in [-0.39, 0.29) is 27.6 Å². The fraction of sp³-hybridized carbons (Fsp3) is 0.955. The molecule has 0 aromatic heterocycles. The lowest BCUT2D eigenvalue weighted by Crippen LogP contribution is -2.40. The summed E-state index contributed by atoms with van der Waals surface area (Å²) in [6.45, 7) is 23.0. The van der Waals surface area contributed by atoms with Crippen LogP contribution in [0.4, 0.5) is 0 Å². The van der Waals surface area contributed by atoms with Crippen LogP contribution in [0.1, 0.15) is 81.6 Å². The number of nitrogens with one attached hydrogen (secondary N) is 2. The number of hydrogen-bond donors (Lipinski definition) is 2. The molecule has 4 heteroatoms. The average Bonchev–Trinajstić information content (AvgIpc) is 2.40. The Labute approximate surface area is 163 Å². The molecule has 0 saturated carbocycles. The van der Waals surface area contributed by atoms with Crippen molar-refractivity contribution in [3.05, 3.63) is 0 Å². The van der Waals surface area contributed by atoms with E-state index in [2.05, 4.69) is 66.0 Å². The first-order chi connectivity index (χ1) is 11.6. The molecule has 2 N–H and O–H groups in total. The van der Waals surface area contributed by atoms with Crippen LogP contribution in [0, 0.1) is 21.7 Å². The Hall–Kier alpha value is -0.610. The maximum Gasteiger partial charge on any atom is 0.220 e. The molecule has 0 aliphatic rings. The largest absolute Gasteiger partial charge is 0.381 e. The number of carbonyl (C=O) groups is 1. The Balaban J connectivity index is 4.54. The molecule has 0 aliphatic carbocycles. The van der Waals surface area contributed by atoms with E-state index < -0.39 is 0 Å². The highest BCUT2D eigenvalue weighted by Crippen LogP contribution is 2.36. The van der Waals surface area contributed by atoms with Gasteiger partial charge in [0.15, 0.2) is 0 Å². The SMILES string of the molecule is CCOCC(C)(C)CC(C)(C)CNC(=O)CC(C)(C)CC(C)(C)CNC. The van der Waals surface area contributed by atoms with E-state index in [4.69, 9.17) is 4.74 Å². The van der Waals surface area contributed by atoms with E-state index >= 15 is 0 Å². The van der Waals surface area contributed by atoms with Gasteiger partial charge in [-0.25, -0.2) is 0 Å². The van der Waals surface area contributed by atoms with Gasteiger partial charge in [0.25, 0.3) is 0 Å². The van der Waals surface area contributed by atoms with Crippen LogP contribution in [-0.2, 0) is 9.53 Å². The molecule has 0 aromatic rings. The zero-order valence-corrected chi connectivity index (χ0v) is 19.3. The lowest BCUT2D eigenvalue weighted by atomic mass is 9.73. The molecule has 26 heavy (non-hydrogen) atoms. The molecular formula is C22H46N2O2. The second-order valence-corrected chi connectivity index (χ2v) is 11.1. The molecule has 0 heterocycles. The Morgan fingerprint density at radius 2 is 1.31 bits per heavy atom. The lowest BCUT2D eigenvalue weighted by molar-refractivity contribution is -0.124. The third-order valence-corrected chi connectivity index (χ3v) is 4.67. The average molecular weight is 371 g/mol. The summed E-state index contributed by atoms with van der Waals surface area (Å²) in [7, 11) is 1.98. The van der Waals surface area contributed by atoms with Crippen LogP contribution in [0.5, 0.6) is 0 Å². The smallest absolute Gasteiger partial charge is 0.220 e. The maximum atomic E-state index is 12.5. The highest BCUT2D eigenvalue weighted by Gasteiger charge is 2.32. The molecule has 0 unspecified atom stereocenters. The predicted octanol–water partition coefficient (Wildman–Crippen LogP) is 4.63. The Bertz CT molecular complexity index is 426. The minimum atomic E-state index is -0.0111. The van der Waals surface area contributed by atoms with Gasteiger partial charge in [0.2, 0.25) is 5.91 Å². The van der Waals surface area contributed by atoms with E-state index in [0.29, 0.717) is 13.0 Å². The summed E-state index contributed by atoms with van der Waals surface area (Å²) in [5, 5.41) is 6.43. The fourth-order valence-corrected chi connectivity index (χ4v) is 4.52. The predicted molar refractivity (Wildman–Crippen MR) is 112 cm³/mol. The van der Waals surface area contributed by atoms with Crippen LogP contribution in [0.2, 0.25) is 0 Å². The molecule has 0 radical (unpaired) electrons. The zero-order chi connectivity index (χ0) is 20.6. The van der Waals surface area contributed by atoms with Gasteiger partial charge in [-0.15, -0.1) is 0 Å². The van der Waals surface area contributed by atoms with Crippen molar-refractivity contribution in [2.45, 2.75) is 81.6 Å². The van der Waals surface area contributed by atoms with Gasteiger partial charge in [0.1, 0.15) is 0 Å². The molecule has 0 aliphatic heterocycles. The molecule has 0 rings (SSSR count). The molecule has 0 bridgehead atoms. The van der Waals surface area contributed by atoms with Crippen LogP contribution in [-0.4, -0.2) is 39.3 Å². The summed E-state index contributed by atoms with van der Waals surface area (Å²) in [5.41, 5.74) is 0.330. The number of carbonyl (C=O) groups excluding carboxylic acids is 1. The van der Waals surface area contributed by atoms with E-state index in [1.807, 2.05) is 14.0 Å². The minimum absolute atomic E-state index is 0.0111. The molecule has 0 fully saturated rings. The normalized spacial score (nSPS) is 13.8. The Kier molecular flexibility index (Phi) is 9.84. The second kappa shape index (κ2) is 10.1. The van der Waals surface area contributed by atoms with E-state index in [1.54, 1.807) is 0 Å². The molecular weight excluding hydrogens is 324 g/mol. The molecule has 1 amide bonds. The standard InChI is InChI=1S/C22H46N2O2/c1-11-26-17-22(8,9)14-21(6,7)16-24-18(25)12-19(2,3)13-20(4,5)15-23-10/h23H,11-17H2,1-10H3,(H,24,25). The molecule has 0 saturated heterocycles. The van der Waals surface area contributed by atoms with Crippen LogP contribution in [0.3, 0.4) is 0 Å². The van der Waals surface area contributed by atoms with E-state index in [0.717, 1.165) is 32.6 Å². The summed E-state index contributed by atoms with van der Waals surface area (Å²) < 4.78 is 5.61. The zero-order valence-electron chi connectivity index (χ0n) is 19.3. The third-order valence-electron chi connectivity index (χ3n) is 4.67. The van der Waals surface area contributed by atoms with Crippen molar-refractivity contribution in [1.82, 2.24) is 10.6 Å². The van der Waals surface area contributed by atoms with E-state index in [9.17, 15) is 4.79 Å². The van der Waals surface area contributed by atoms with Crippen molar-refractivity contribution in [1.29, 1.82) is 0 Å². The van der Waals surface area contributed by atoms with Crippen molar-refractivity contribution >= 4 is 5.91 Å². The molecule has 4 nitrogen and oxygen atoms in total. The van der Waals surface area contributed by atoms with Crippen LogP contribution in [0.15, 0.2) is 0 Å². The summed E-state index contributed by atoms with van der Waals surface area (Å²) >= 11 is 0. The first-order valence-electron chi connectivity index (χ1n) is 10.1. The van der Waals surface area contributed by atoms with Gasteiger partial charge in [-0.05, 0) is 55.0 Å². The lowest BCUT2D eigenvalue weighted by Gasteiger charge is -2.36. The van der Waals surface area contributed by atoms with Gasteiger partial charge >= 0.3 is 0 Å². The van der Waals surface area contributed by atoms with Crippen LogP contribution in [0.25, 0.3) is 0 Å². The first kappa shape index (κ1) is 25.4. The maximum absolute atomic E-state index is 12.5. The summed E-state index contributed by atoms with van der Waals surface area (Å²) in [6.07, 6.45) is 2.59. The number of rotatable bonds is 13. The fourth-order valence-electron chi connectivity index (χ4n) is 4.52. The topological polar surface area (TPSA) is 50.4 Å². The molecule has 0 aromatic carbocycles. The Morgan fingerprint density at radius 3 is 1.81 bits per heavy atom. The van der Waals surface area contributed by atoms with Crippen molar-refractivity contribution in [2.24, 2.45) is 21.7 Å². The van der Waals surface area contributed by atoms with Gasteiger partial charge < -0.3 is 15.4 Å². The number of hydrogen-bond acceptors (Lipinski definition) is 3. The van der Waals surface area contributed by atoms with Crippen LogP contribution < -0.4 is 10.6 Å². The van der Waals surface area contributed by atoms with Gasteiger partial charge in [-0.2, -0.15) is 0 Å². The monoisotopic (exact) mass is 370 g/mol. The minimum Gasteiger partial charge on any atom is -0.381 e. The van der Waals surface area contributed by atoms with Gasteiger partial charge in [-0.1, -0.05) is 55.4 Å². The van der Waals surface area contributed by atoms with Gasteiger partial charge in [0.05, 0.1) is 6.61 Å². The summed E-state index contributed by atoms with van der Waals surface area (Å²) in [5.74, 6) is 0.158. The summed E-state index contributed by atoms with van der Waals surface area (Å²) in [4.78, 5) is 12.5. The second-order valence-electron chi connectivity index (χ2n) is 11.1. The van der Waals surface area contributed by atoms with Crippen molar-refractivity contribution < 1.29 is 9.53 Å². The van der Waals surface area contributed by atoms with Crippen LogP contribution >= 0.6 is 0 Å². The molecule has 0 spiro atoms. The Morgan fingerprint density at radius 1 is 0.808 bits per heavy atom.